The topological polar surface area (TPSA) is 35.5 Å². The average Bonchev–Trinajstić information content (AvgIpc) is 3.12. The monoisotopic (exact) mass is 358 g/mol. The van der Waals surface area contributed by atoms with Crippen LogP contribution in [0, 0.1) is 5.41 Å². The van der Waals surface area contributed by atoms with Gasteiger partial charge in [0.15, 0.2) is 0 Å². The van der Waals surface area contributed by atoms with Crippen molar-refractivity contribution in [3.8, 4) is 0 Å². The van der Waals surface area contributed by atoms with Crippen LogP contribution in [-0.4, -0.2) is 42.2 Å². The molecule has 0 aliphatic carbocycles. The number of hydrogen-bond acceptors (Lipinski definition) is 4. The molecule has 0 radical (unpaired) electrons. The normalized spacial score (nSPS) is 30.6. The molecule has 23 heavy (non-hydrogen) atoms. The second kappa shape index (κ2) is 8.82. The van der Waals surface area contributed by atoms with Gasteiger partial charge in [-0.05, 0) is 55.6 Å². The van der Waals surface area contributed by atoms with Gasteiger partial charge in [-0.2, -0.15) is 0 Å². The molecule has 3 rings (SSSR count). The standard InChI is InChI=1S/C18H30N2OS.ClH/c1-18(8-9-19-13-18)14-20-10-4-2-3-6-15(20)12-16(21)17-7-5-11-22-17;/h5,7,11,15-16,19,21H,2-4,6,8-10,12-14H2,1H3;1H. The van der Waals surface area contributed by atoms with E-state index in [2.05, 4.69) is 28.6 Å². The lowest BCUT2D eigenvalue weighted by molar-refractivity contribution is 0.0784. The van der Waals surface area contributed by atoms with Crippen molar-refractivity contribution in [3.63, 3.8) is 0 Å². The van der Waals surface area contributed by atoms with E-state index >= 15 is 0 Å². The Morgan fingerprint density at radius 2 is 2.30 bits per heavy atom. The first-order chi connectivity index (χ1) is 10.7. The van der Waals surface area contributed by atoms with Crippen LogP contribution in [0.4, 0.5) is 0 Å². The summed E-state index contributed by atoms with van der Waals surface area (Å²) in [4.78, 5) is 3.81. The molecule has 3 nitrogen and oxygen atoms in total. The lowest BCUT2D eigenvalue weighted by Gasteiger charge is -2.37. The summed E-state index contributed by atoms with van der Waals surface area (Å²) in [5, 5.41) is 16.2. The highest BCUT2D eigenvalue weighted by molar-refractivity contribution is 7.10. The van der Waals surface area contributed by atoms with Gasteiger partial charge in [0.2, 0.25) is 0 Å². The number of thiophene rings is 1. The minimum absolute atomic E-state index is 0. The molecule has 2 saturated heterocycles. The number of aliphatic hydroxyl groups is 1. The molecule has 2 N–H and O–H groups in total. The molecule has 2 fully saturated rings. The Kier molecular flexibility index (Phi) is 7.36. The van der Waals surface area contributed by atoms with Gasteiger partial charge < -0.3 is 10.4 Å². The van der Waals surface area contributed by atoms with E-state index in [-0.39, 0.29) is 18.5 Å². The Morgan fingerprint density at radius 3 is 3.00 bits per heavy atom. The maximum atomic E-state index is 10.6. The van der Waals surface area contributed by atoms with Crippen molar-refractivity contribution >= 4 is 23.7 Å². The average molecular weight is 359 g/mol. The lowest BCUT2D eigenvalue weighted by atomic mass is 9.88. The molecular weight excluding hydrogens is 328 g/mol. The Balaban J connectivity index is 0.00000192. The number of halogens is 1. The quantitative estimate of drug-likeness (QED) is 0.839. The van der Waals surface area contributed by atoms with Crippen molar-refractivity contribution in [2.45, 2.75) is 57.6 Å². The van der Waals surface area contributed by atoms with Crippen molar-refractivity contribution in [1.82, 2.24) is 10.2 Å². The molecule has 1 aromatic rings. The minimum Gasteiger partial charge on any atom is -0.388 e. The van der Waals surface area contributed by atoms with Gasteiger partial charge in [-0.1, -0.05) is 25.8 Å². The molecule has 0 bridgehead atoms. The Labute approximate surface area is 150 Å². The van der Waals surface area contributed by atoms with Crippen molar-refractivity contribution in [3.05, 3.63) is 22.4 Å². The lowest BCUT2D eigenvalue weighted by Crippen LogP contribution is -2.43. The Bertz CT molecular complexity index is 448. The highest BCUT2D eigenvalue weighted by Crippen LogP contribution is 2.32. The molecule has 1 aromatic heterocycles. The van der Waals surface area contributed by atoms with Gasteiger partial charge in [-0.25, -0.2) is 0 Å². The summed E-state index contributed by atoms with van der Waals surface area (Å²) in [7, 11) is 0. The molecule has 0 saturated carbocycles. The van der Waals surface area contributed by atoms with E-state index in [0.29, 0.717) is 11.5 Å². The third-order valence-electron chi connectivity index (χ3n) is 5.41. The smallest absolute Gasteiger partial charge is 0.0896 e. The van der Waals surface area contributed by atoms with Crippen molar-refractivity contribution in [2.24, 2.45) is 5.41 Å². The maximum absolute atomic E-state index is 10.6. The summed E-state index contributed by atoms with van der Waals surface area (Å²) < 4.78 is 0. The van der Waals surface area contributed by atoms with Gasteiger partial charge in [0.25, 0.3) is 0 Å². The molecule has 0 amide bonds. The zero-order valence-corrected chi connectivity index (χ0v) is 15.8. The van der Waals surface area contributed by atoms with E-state index in [1.165, 1.54) is 45.2 Å². The van der Waals surface area contributed by atoms with Crippen LogP contribution in [0.25, 0.3) is 0 Å². The summed E-state index contributed by atoms with van der Waals surface area (Å²) in [5.41, 5.74) is 0.413. The van der Waals surface area contributed by atoms with Gasteiger partial charge in [-0.15, -0.1) is 23.7 Å². The molecule has 132 valence electrons. The molecule has 0 aromatic carbocycles. The van der Waals surface area contributed by atoms with Crippen LogP contribution < -0.4 is 5.32 Å². The summed E-state index contributed by atoms with van der Waals surface area (Å²) in [6.07, 6.45) is 7.10. The van der Waals surface area contributed by atoms with Crippen LogP contribution in [0.15, 0.2) is 17.5 Å². The fourth-order valence-electron chi connectivity index (χ4n) is 4.06. The number of likely N-dealkylation sites (tertiary alicyclic amines) is 1. The predicted octanol–water partition coefficient (Wildman–Crippen LogP) is 3.84. The summed E-state index contributed by atoms with van der Waals surface area (Å²) in [6, 6.07) is 4.65. The third kappa shape index (κ3) is 5.17. The number of rotatable bonds is 5. The Hall–Kier alpha value is -0.130. The maximum Gasteiger partial charge on any atom is 0.0896 e. The van der Waals surface area contributed by atoms with Crippen molar-refractivity contribution < 1.29 is 5.11 Å². The Morgan fingerprint density at radius 1 is 1.43 bits per heavy atom. The van der Waals surface area contributed by atoms with E-state index < -0.39 is 0 Å². The molecule has 5 heteroatoms. The van der Waals surface area contributed by atoms with E-state index in [9.17, 15) is 5.11 Å². The second-order valence-corrected chi connectivity index (χ2v) is 8.46. The molecule has 2 aliphatic rings. The number of aliphatic hydroxyl groups excluding tert-OH is 1. The highest BCUT2D eigenvalue weighted by Gasteiger charge is 2.34. The van der Waals surface area contributed by atoms with Gasteiger partial charge in [0.1, 0.15) is 0 Å². The van der Waals surface area contributed by atoms with E-state index in [4.69, 9.17) is 0 Å². The van der Waals surface area contributed by atoms with E-state index in [0.717, 1.165) is 24.4 Å². The minimum atomic E-state index is -0.292. The molecule has 3 atom stereocenters. The molecule has 3 heterocycles. The summed E-state index contributed by atoms with van der Waals surface area (Å²) in [5.74, 6) is 0. The number of nitrogens with one attached hydrogen (secondary N) is 1. The van der Waals surface area contributed by atoms with Gasteiger partial charge in [-0.3, -0.25) is 4.90 Å². The van der Waals surface area contributed by atoms with E-state index in [1.54, 1.807) is 11.3 Å². The summed E-state index contributed by atoms with van der Waals surface area (Å²) in [6.45, 7) is 7.11. The number of hydrogen-bond donors (Lipinski definition) is 2. The second-order valence-electron chi connectivity index (χ2n) is 7.48. The molecule has 3 unspecified atom stereocenters. The zero-order chi connectivity index (χ0) is 15.4. The molecule has 2 aliphatic heterocycles. The molecular formula is C18H31ClN2OS. The van der Waals surface area contributed by atoms with Crippen LogP contribution in [0.2, 0.25) is 0 Å². The predicted molar refractivity (Wildman–Crippen MR) is 101 cm³/mol. The zero-order valence-electron chi connectivity index (χ0n) is 14.2. The van der Waals surface area contributed by atoms with Crippen LogP contribution in [0.5, 0.6) is 0 Å². The van der Waals surface area contributed by atoms with Crippen molar-refractivity contribution in [1.29, 1.82) is 0 Å². The van der Waals surface area contributed by atoms with Crippen LogP contribution in [0.1, 0.15) is 56.4 Å². The van der Waals surface area contributed by atoms with Gasteiger partial charge >= 0.3 is 0 Å². The first-order valence-corrected chi connectivity index (χ1v) is 9.70. The first kappa shape index (κ1) is 19.2. The first-order valence-electron chi connectivity index (χ1n) is 8.83. The fraction of sp³-hybridized carbons (Fsp3) is 0.778. The van der Waals surface area contributed by atoms with Crippen LogP contribution in [-0.2, 0) is 0 Å². The van der Waals surface area contributed by atoms with Gasteiger partial charge in [0, 0.05) is 24.0 Å². The van der Waals surface area contributed by atoms with Crippen LogP contribution >= 0.6 is 23.7 Å². The highest BCUT2D eigenvalue weighted by atomic mass is 35.5. The van der Waals surface area contributed by atoms with Crippen molar-refractivity contribution in [2.75, 3.05) is 26.2 Å². The SMILES string of the molecule is CC1(CN2CCCCCC2CC(O)c2cccs2)CCNC1.Cl. The molecule has 0 spiro atoms. The van der Waals surface area contributed by atoms with Gasteiger partial charge in [0.05, 0.1) is 6.10 Å². The fourth-order valence-corrected chi connectivity index (χ4v) is 4.79. The summed E-state index contributed by atoms with van der Waals surface area (Å²) >= 11 is 1.68. The van der Waals surface area contributed by atoms with Crippen LogP contribution in [0.3, 0.4) is 0 Å². The van der Waals surface area contributed by atoms with E-state index in [1.807, 2.05) is 6.07 Å². The number of nitrogens with zero attached hydrogens (tertiary/aromatic N) is 1. The largest absolute Gasteiger partial charge is 0.388 e. The third-order valence-corrected chi connectivity index (χ3v) is 6.38.